The molecule has 0 unspecified atom stereocenters. The highest BCUT2D eigenvalue weighted by Crippen LogP contribution is 2.36. The minimum Gasteiger partial charge on any atom is -0.496 e. The van der Waals surface area contributed by atoms with Crippen LogP contribution in [0.2, 0.25) is 0 Å². The molecule has 0 saturated carbocycles. The Morgan fingerprint density at radius 2 is 1.92 bits per heavy atom. The van der Waals surface area contributed by atoms with Crippen LogP contribution in [0.3, 0.4) is 0 Å². The van der Waals surface area contributed by atoms with Crippen LogP contribution >= 0.6 is 11.3 Å². The summed E-state index contributed by atoms with van der Waals surface area (Å²) in [7, 11) is -2.55. The number of nitrogens with zero attached hydrogens (tertiary/aromatic N) is 2. The maximum atomic E-state index is 12.4. The summed E-state index contributed by atoms with van der Waals surface area (Å²) in [6.45, 7) is 2.65. The van der Waals surface area contributed by atoms with E-state index < -0.39 is 16.1 Å². The number of thiophene rings is 1. The number of anilines is 1. The van der Waals surface area contributed by atoms with E-state index in [9.17, 15) is 13.2 Å². The highest BCUT2D eigenvalue weighted by Gasteiger charge is 2.22. The molecule has 2 heterocycles. The van der Waals surface area contributed by atoms with Gasteiger partial charge in [0.1, 0.15) is 28.5 Å². The molecule has 0 atom stereocenters. The zero-order valence-corrected chi connectivity index (χ0v) is 21.3. The molecule has 0 spiro atoms. The predicted molar refractivity (Wildman–Crippen MR) is 140 cm³/mol. The minimum atomic E-state index is -4.21. The molecule has 0 aliphatic carbocycles. The lowest BCUT2D eigenvalue weighted by atomic mass is 10.0. The molecule has 0 fully saturated rings. The van der Waals surface area contributed by atoms with Gasteiger partial charge in [0.2, 0.25) is 0 Å². The first-order valence-electron chi connectivity index (χ1n) is 11.0. The first-order valence-corrected chi connectivity index (χ1v) is 13.4. The average molecular weight is 528 g/mol. The number of amides is 1. The van der Waals surface area contributed by atoms with Crippen LogP contribution in [0.4, 0.5) is 5.82 Å². The summed E-state index contributed by atoms with van der Waals surface area (Å²) in [6, 6.07) is 15.6. The summed E-state index contributed by atoms with van der Waals surface area (Å²) < 4.78 is 35.4. The monoisotopic (exact) mass is 527 g/mol. The largest absolute Gasteiger partial charge is 0.496 e. The number of aromatic nitrogens is 2. The van der Waals surface area contributed by atoms with Crippen LogP contribution in [-0.4, -0.2) is 44.6 Å². The van der Waals surface area contributed by atoms with E-state index in [2.05, 4.69) is 27.4 Å². The molecule has 0 aliphatic rings. The summed E-state index contributed by atoms with van der Waals surface area (Å²) in [5, 5.41) is 10.5. The van der Waals surface area contributed by atoms with E-state index in [1.807, 2.05) is 24.3 Å². The van der Waals surface area contributed by atoms with E-state index in [1.54, 1.807) is 30.9 Å². The fourth-order valence-electron chi connectivity index (χ4n) is 3.77. The van der Waals surface area contributed by atoms with Crippen molar-refractivity contribution in [1.29, 1.82) is 0 Å². The second-order valence-corrected chi connectivity index (χ2v) is 9.99. The van der Waals surface area contributed by atoms with E-state index in [-0.39, 0.29) is 10.6 Å². The van der Waals surface area contributed by atoms with Crippen molar-refractivity contribution in [3.05, 3.63) is 65.3 Å². The highest BCUT2D eigenvalue weighted by atomic mass is 32.2. The smallest absolute Gasteiger partial charge is 0.299 e. The minimum absolute atomic E-state index is 0.0806. The van der Waals surface area contributed by atoms with Gasteiger partial charge in [-0.25, -0.2) is 19.8 Å². The molecule has 4 N–H and O–H groups in total. The summed E-state index contributed by atoms with van der Waals surface area (Å²) >= 11 is 1.05. The Morgan fingerprint density at radius 3 is 2.67 bits per heavy atom. The molecular weight excluding hydrogens is 502 g/mol. The molecule has 0 aliphatic heterocycles. The zero-order valence-electron chi connectivity index (χ0n) is 19.6. The van der Waals surface area contributed by atoms with Crippen molar-refractivity contribution in [2.24, 2.45) is 5.14 Å². The number of ether oxygens (including phenoxy) is 2. The number of methoxy groups -OCH3 is 1. The van der Waals surface area contributed by atoms with E-state index in [0.717, 1.165) is 33.4 Å². The Hall–Kier alpha value is -3.74. The SMILES string of the molecule is CCOc1cc(-c2cc(NCCc3c(OC)ccc4ccccc34)ncn2)sc1C(=O)NS(N)(=O)=O. The molecule has 12 heteroatoms. The fraction of sp³-hybridized carbons (Fsp3) is 0.208. The quantitative estimate of drug-likeness (QED) is 0.285. The lowest BCUT2D eigenvalue weighted by molar-refractivity contribution is 0.0982. The topological polar surface area (TPSA) is 146 Å². The standard InChI is InChI=1S/C24H25N5O5S2/c1-3-34-20-13-21(35-23(20)24(30)29-36(25,31)32)18-12-22(28-14-27-18)26-11-10-17-16-7-5-4-6-15(16)8-9-19(17)33-2/h4-9,12-14H,3,10-11H2,1-2H3,(H,29,30)(H2,25,31,32)(H,26,27,28). The maximum Gasteiger partial charge on any atom is 0.299 e. The van der Waals surface area contributed by atoms with E-state index >= 15 is 0 Å². The fourth-order valence-corrected chi connectivity index (χ4v) is 5.16. The molecule has 4 rings (SSSR count). The first-order chi connectivity index (χ1) is 17.3. The van der Waals surface area contributed by atoms with Crippen LogP contribution < -0.4 is 24.7 Å². The molecule has 0 bridgehead atoms. The number of nitrogens with one attached hydrogen (secondary N) is 2. The van der Waals surface area contributed by atoms with Crippen LogP contribution in [-0.2, 0) is 16.6 Å². The number of carbonyl (C=O) groups excluding carboxylic acids is 1. The van der Waals surface area contributed by atoms with Crippen molar-refractivity contribution >= 4 is 44.0 Å². The van der Waals surface area contributed by atoms with Gasteiger partial charge < -0.3 is 14.8 Å². The molecule has 0 radical (unpaired) electrons. The van der Waals surface area contributed by atoms with Crippen molar-refractivity contribution in [2.75, 3.05) is 25.6 Å². The van der Waals surface area contributed by atoms with Gasteiger partial charge in [-0.2, -0.15) is 8.42 Å². The molecule has 1 amide bonds. The number of hydrogen-bond donors (Lipinski definition) is 3. The van der Waals surface area contributed by atoms with Gasteiger partial charge in [0, 0.05) is 24.2 Å². The van der Waals surface area contributed by atoms with Gasteiger partial charge in [0.15, 0.2) is 0 Å². The molecule has 10 nitrogen and oxygen atoms in total. The Morgan fingerprint density at radius 1 is 1.11 bits per heavy atom. The van der Waals surface area contributed by atoms with Crippen LogP contribution in [0, 0.1) is 0 Å². The number of carbonyl (C=O) groups is 1. The number of benzene rings is 2. The van der Waals surface area contributed by atoms with Gasteiger partial charge >= 0.3 is 0 Å². The second kappa shape index (κ2) is 10.9. The zero-order chi connectivity index (χ0) is 25.7. The molecule has 2 aromatic carbocycles. The summed E-state index contributed by atoms with van der Waals surface area (Å²) in [6.07, 6.45) is 2.12. The van der Waals surface area contributed by atoms with E-state index in [1.165, 1.54) is 6.33 Å². The summed E-state index contributed by atoms with van der Waals surface area (Å²) in [4.78, 5) is 21.7. The van der Waals surface area contributed by atoms with E-state index in [4.69, 9.17) is 14.6 Å². The van der Waals surface area contributed by atoms with Gasteiger partial charge in [-0.3, -0.25) is 4.79 Å². The van der Waals surface area contributed by atoms with Crippen LogP contribution in [0.25, 0.3) is 21.3 Å². The summed E-state index contributed by atoms with van der Waals surface area (Å²) in [5.41, 5.74) is 1.65. The molecule has 4 aromatic rings. The van der Waals surface area contributed by atoms with Crippen molar-refractivity contribution in [3.8, 4) is 22.1 Å². The third-order valence-corrected chi connectivity index (χ3v) is 6.86. The van der Waals surface area contributed by atoms with Crippen molar-refractivity contribution in [3.63, 3.8) is 0 Å². The Bertz CT molecular complexity index is 1500. The second-order valence-electron chi connectivity index (χ2n) is 7.65. The van der Waals surface area contributed by atoms with Crippen LogP contribution in [0.15, 0.2) is 54.9 Å². The number of rotatable bonds is 10. The number of fused-ring (bicyclic) bond motifs is 1. The molecule has 0 saturated heterocycles. The number of hydrogen-bond acceptors (Lipinski definition) is 9. The Kier molecular flexibility index (Phi) is 7.67. The molecule has 2 aromatic heterocycles. The van der Waals surface area contributed by atoms with Crippen molar-refractivity contribution in [2.45, 2.75) is 13.3 Å². The summed E-state index contributed by atoms with van der Waals surface area (Å²) in [5.74, 6) is 0.802. The van der Waals surface area contributed by atoms with Gasteiger partial charge in [-0.1, -0.05) is 30.3 Å². The van der Waals surface area contributed by atoms with Crippen molar-refractivity contribution in [1.82, 2.24) is 14.7 Å². The Labute approximate surface area is 212 Å². The number of nitrogens with two attached hydrogens (primary N) is 1. The molecule has 36 heavy (non-hydrogen) atoms. The lowest BCUT2D eigenvalue weighted by Gasteiger charge is -2.13. The van der Waals surface area contributed by atoms with Gasteiger partial charge in [-0.05, 0) is 30.2 Å². The van der Waals surface area contributed by atoms with Crippen LogP contribution in [0.5, 0.6) is 11.5 Å². The molecule has 188 valence electrons. The third-order valence-electron chi connectivity index (χ3n) is 5.26. The van der Waals surface area contributed by atoms with Crippen molar-refractivity contribution < 1.29 is 22.7 Å². The first kappa shape index (κ1) is 25.4. The van der Waals surface area contributed by atoms with Crippen LogP contribution in [0.1, 0.15) is 22.2 Å². The predicted octanol–water partition coefficient (Wildman–Crippen LogP) is 3.35. The average Bonchev–Trinajstić information content (AvgIpc) is 3.28. The van der Waals surface area contributed by atoms with Gasteiger partial charge in [-0.15, -0.1) is 11.3 Å². The maximum absolute atomic E-state index is 12.4. The lowest BCUT2D eigenvalue weighted by Crippen LogP contribution is -2.35. The van der Waals surface area contributed by atoms with Gasteiger partial charge in [0.05, 0.1) is 24.3 Å². The highest BCUT2D eigenvalue weighted by molar-refractivity contribution is 7.87. The molecular formula is C24H25N5O5S2. The van der Waals surface area contributed by atoms with Gasteiger partial charge in [0.25, 0.3) is 16.1 Å². The Balaban J connectivity index is 1.53. The normalized spacial score (nSPS) is 11.3. The van der Waals surface area contributed by atoms with E-state index in [0.29, 0.717) is 36.0 Å². The third kappa shape index (κ3) is 5.90.